The number of carbonyl (C=O) groups is 1. The van der Waals surface area contributed by atoms with E-state index in [1.165, 1.54) is 233 Å². The van der Waals surface area contributed by atoms with E-state index in [1.807, 2.05) is 58.0 Å². The van der Waals surface area contributed by atoms with Crippen molar-refractivity contribution in [3.05, 3.63) is 149 Å². The molecule has 5 aromatic rings. The molecule has 0 saturated heterocycles. The van der Waals surface area contributed by atoms with E-state index in [2.05, 4.69) is 167 Å². The van der Waals surface area contributed by atoms with Gasteiger partial charge in [0.05, 0.1) is 38.4 Å². The van der Waals surface area contributed by atoms with Crippen LogP contribution in [0, 0.1) is 58.7 Å². The lowest BCUT2D eigenvalue weighted by molar-refractivity contribution is -0.170. The highest BCUT2D eigenvalue weighted by molar-refractivity contribution is 5.76. The zero-order valence-electron chi connectivity index (χ0n) is 79.1. The van der Waals surface area contributed by atoms with Crippen LogP contribution in [-0.2, 0) is 33.2 Å². The van der Waals surface area contributed by atoms with Gasteiger partial charge < -0.3 is 52.1 Å². The van der Waals surface area contributed by atoms with E-state index in [1.54, 1.807) is 0 Å². The van der Waals surface area contributed by atoms with E-state index in [4.69, 9.17) is 52.1 Å². The lowest BCUT2D eigenvalue weighted by Gasteiger charge is -2.32. The summed E-state index contributed by atoms with van der Waals surface area (Å²) in [4.78, 5) is 12.0. The van der Waals surface area contributed by atoms with Gasteiger partial charge in [0.15, 0.2) is 33.5 Å². The molecule has 8 fully saturated rings. The Morgan fingerprint density at radius 1 is 0.380 bits per heavy atom. The SMILES string of the molecule is CCC(C)c1ccc(OCOCC2CC3CCC2C3)cc1.CCC(C)c1ccc(OCOCC2CCCCC2)cc1.CCC(C)c1ccc(OCOCCC2CC3CCC2C3)cc1.CCC(C)c1ccc(OCOCCC2CCCCC2)cc1.CCC(C)c1cccc(OC(C)OCCC2CCCCC2)c1.CCC1(OC(=O)C(C)(C)CC)CCCC1. The van der Waals surface area contributed by atoms with Gasteiger partial charge in [-0.25, -0.2) is 0 Å². The van der Waals surface area contributed by atoms with Crippen LogP contribution in [0.4, 0.5) is 0 Å². The monoisotopic (exact) mass is 1670 g/mol. The molecule has 8 aliphatic carbocycles. The third-order valence-electron chi connectivity index (χ3n) is 29.5. The Bertz CT molecular complexity index is 3460. The van der Waals surface area contributed by atoms with Crippen molar-refractivity contribution >= 4 is 5.97 Å². The van der Waals surface area contributed by atoms with Gasteiger partial charge in [0.25, 0.3) is 0 Å². The van der Waals surface area contributed by atoms with E-state index in [9.17, 15) is 4.79 Å². The predicted octanol–water partition coefficient (Wildman–Crippen LogP) is 30.6. The van der Waals surface area contributed by atoms with E-state index < -0.39 is 0 Å². The molecule has 0 heterocycles. The third-order valence-corrected chi connectivity index (χ3v) is 29.5. The zero-order chi connectivity index (χ0) is 86.5. The Balaban J connectivity index is 0.000000181. The van der Waals surface area contributed by atoms with Gasteiger partial charge in [0, 0.05) is 0 Å². The molecule has 121 heavy (non-hydrogen) atoms. The minimum absolute atomic E-state index is 0.0197. The van der Waals surface area contributed by atoms with Crippen LogP contribution in [0.1, 0.15) is 399 Å². The summed E-state index contributed by atoms with van der Waals surface area (Å²) in [5.74, 6) is 15.8. The Hall–Kier alpha value is -5.63. The van der Waals surface area contributed by atoms with Crippen molar-refractivity contribution in [1.82, 2.24) is 0 Å². The minimum Gasteiger partial charge on any atom is -0.468 e. The molecule has 4 bridgehead atoms. The summed E-state index contributed by atoms with van der Waals surface area (Å²) in [7, 11) is 0. The van der Waals surface area contributed by atoms with Crippen molar-refractivity contribution < 1.29 is 56.9 Å². The van der Waals surface area contributed by atoms with E-state index >= 15 is 0 Å². The lowest BCUT2D eigenvalue weighted by Crippen LogP contribution is -2.37. The normalized spacial score (nSPS) is 22.0. The van der Waals surface area contributed by atoms with Crippen LogP contribution in [0.2, 0.25) is 0 Å². The third kappa shape index (κ3) is 36.7. The molecule has 0 radical (unpaired) electrons. The van der Waals surface area contributed by atoms with Crippen molar-refractivity contribution in [3.8, 4) is 28.7 Å². The molecule has 12 atom stereocenters. The molecule has 680 valence electrons. The molecule has 12 heteroatoms. The molecule has 8 saturated carbocycles. The molecule has 0 aliphatic heterocycles. The van der Waals surface area contributed by atoms with Crippen LogP contribution >= 0.6 is 0 Å². The van der Waals surface area contributed by atoms with Gasteiger partial charge in [-0.3, -0.25) is 4.79 Å². The minimum atomic E-state index is -0.329. The van der Waals surface area contributed by atoms with Crippen LogP contribution in [-0.4, -0.2) is 78.1 Å². The molecule has 0 spiro atoms. The number of hydrogen-bond acceptors (Lipinski definition) is 12. The van der Waals surface area contributed by atoms with E-state index in [0.29, 0.717) is 56.8 Å². The largest absolute Gasteiger partial charge is 0.468 e. The van der Waals surface area contributed by atoms with Gasteiger partial charge >= 0.3 is 5.97 Å². The molecule has 0 amide bonds. The average molecular weight is 1670 g/mol. The van der Waals surface area contributed by atoms with Gasteiger partial charge in [-0.2, -0.15) is 0 Å². The van der Waals surface area contributed by atoms with Gasteiger partial charge in [-0.15, -0.1) is 0 Å². The second kappa shape index (κ2) is 56.4. The molecule has 0 N–H and O–H groups in total. The quantitative estimate of drug-likeness (QED) is 0.0210. The molecule has 12 nitrogen and oxygen atoms in total. The van der Waals surface area contributed by atoms with Crippen molar-refractivity contribution in [2.24, 2.45) is 58.7 Å². The first-order valence-electron chi connectivity index (χ1n) is 49.6. The van der Waals surface area contributed by atoms with Gasteiger partial charge in [0.2, 0.25) is 0 Å². The Kier molecular flexibility index (Phi) is 47.0. The number of carbonyl (C=O) groups excluding carboxylic acids is 1. The molecule has 8 aliphatic rings. The van der Waals surface area contributed by atoms with Gasteiger partial charge in [0.1, 0.15) is 34.3 Å². The number of ether oxygens (including phenoxy) is 11. The van der Waals surface area contributed by atoms with E-state index in [-0.39, 0.29) is 23.3 Å². The Morgan fingerprint density at radius 2 is 0.760 bits per heavy atom. The average Bonchev–Trinajstić information content (AvgIpc) is 1.69. The fourth-order valence-electron chi connectivity index (χ4n) is 19.4. The summed E-state index contributed by atoms with van der Waals surface area (Å²) in [6.45, 7) is 38.2. The summed E-state index contributed by atoms with van der Waals surface area (Å²) in [5.41, 5.74) is 6.40. The van der Waals surface area contributed by atoms with Crippen LogP contribution in [0.25, 0.3) is 0 Å². The maximum atomic E-state index is 12.0. The topological polar surface area (TPSA) is 119 Å². The van der Waals surface area contributed by atoms with Crippen molar-refractivity contribution in [2.75, 3.05) is 60.2 Å². The van der Waals surface area contributed by atoms with Crippen LogP contribution in [0.5, 0.6) is 28.7 Å². The Morgan fingerprint density at radius 3 is 1.15 bits per heavy atom. The molecule has 12 unspecified atom stereocenters. The maximum absolute atomic E-state index is 12.0. The molecule has 13 rings (SSSR count). The fourth-order valence-corrected chi connectivity index (χ4v) is 19.4. The fraction of sp³-hybridized carbons (Fsp3) is 0.716. The first-order valence-corrected chi connectivity index (χ1v) is 49.6. The zero-order valence-corrected chi connectivity index (χ0v) is 79.1. The smallest absolute Gasteiger partial charge is 0.312 e. The summed E-state index contributed by atoms with van der Waals surface area (Å²) in [6, 6.07) is 42.1. The summed E-state index contributed by atoms with van der Waals surface area (Å²) < 4.78 is 62.9. The van der Waals surface area contributed by atoms with Gasteiger partial charge in [-0.05, 0) is 333 Å². The Labute approximate surface area is 738 Å². The van der Waals surface area contributed by atoms with Crippen LogP contribution in [0.15, 0.2) is 121 Å². The highest BCUT2D eigenvalue weighted by Gasteiger charge is 2.42. The first-order chi connectivity index (χ1) is 58.7. The summed E-state index contributed by atoms with van der Waals surface area (Å²) >= 11 is 0. The van der Waals surface area contributed by atoms with Crippen LogP contribution in [0.3, 0.4) is 0 Å². The summed E-state index contributed by atoms with van der Waals surface area (Å²) in [6.07, 6.45) is 48.0. The molecular weight excluding hydrogens is 1500 g/mol. The molecule has 5 aromatic carbocycles. The standard InChI is InChI=1S/C20H30O2.C20H32O2.C19H28O2.C19H30O2.C18H28O2.C13H24O2/c1-3-15(2)17-6-8-20(9-7-17)22-14-21-11-10-19-13-16-4-5-18(19)12-16;1-4-16(2)19-11-8-12-20(15-19)22-17(3)21-14-13-18-9-6-5-7-10-18;1-3-14(2)16-6-8-19(9-7-16)21-13-20-12-18-11-15-4-5-17(18)10-15;1-3-16(2)18-9-11-19(12-10-18)21-15-20-14-13-17-7-5-4-6-8-17;1-3-15(2)17-9-11-18(12-10-17)20-14-19-13-16-7-5-4-6-8-16;1-5-12(3,4)11(14)15-13(6-2)9-7-8-10-13/h6-9,15-16,18-19H,3-5,10-14H2,1-2H3;8,11-12,15-18H,4-7,9-10,13-14H2,1-3H3;6-9,14-15,17-18H,3-5,10-13H2,1-2H3;9-12,16-17H,3-8,13-15H2,1-2H3;9-12,15-16H,3-8,13-14H2,1-2H3;5-10H2,1-4H3. The maximum Gasteiger partial charge on any atom is 0.312 e. The second-order valence-electron chi connectivity index (χ2n) is 38.7. The summed E-state index contributed by atoms with van der Waals surface area (Å²) in [5, 5.41) is 0. The predicted molar refractivity (Wildman–Crippen MR) is 501 cm³/mol. The van der Waals surface area contributed by atoms with Gasteiger partial charge in [-0.1, -0.05) is 240 Å². The highest BCUT2D eigenvalue weighted by atomic mass is 16.7. The molecular formula is C109H172O12. The number of fused-ring (bicyclic) bond motifs is 4. The first kappa shape index (κ1) is 101. The van der Waals surface area contributed by atoms with Crippen molar-refractivity contribution in [2.45, 2.75) is 383 Å². The van der Waals surface area contributed by atoms with Crippen molar-refractivity contribution in [3.63, 3.8) is 0 Å². The van der Waals surface area contributed by atoms with E-state index in [0.717, 1.165) is 147 Å². The number of esters is 1. The number of hydrogen-bond donors (Lipinski definition) is 0. The second-order valence-corrected chi connectivity index (χ2v) is 38.7. The number of rotatable bonds is 42. The van der Waals surface area contributed by atoms with Crippen LogP contribution < -0.4 is 23.7 Å². The number of benzene rings is 5. The highest BCUT2D eigenvalue weighted by Crippen LogP contribution is 2.50. The lowest BCUT2D eigenvalue weighted by atomic mass is 9.87. The van der Waals surface area contributed by atoms with Crippen molar-refractivity contribution in [1.29, 1.82) is 0 Å². The molecule has 0 aromatic heterocycles.